The van der Waals surface area contributed by atoms with Crippen molar-refractivity contribution < 1.29 is 4.74 Å². The molecule has 100 valence electrons. The SMILES string of the molecule is CC(C)CC1CCOC2C(C(C)C)NC[C@@H]2C1. The largest absolute Gasteiger partial charge is 0.376 e. The minimum absolute atomic E-state index is 0.479. The van der Waals surface area contributed by atoms with Crippen LogP contribution in [0.3, 0.4) is 0 Å². The topological polar surface area (TPSA) is 21.3 Å². The summed E-state index contributed by atoms with van der Waals surface area (Å²) in [5, 5.41) is 3.67. The monoisotopic (exact) mass is 239 g/mol. The molecule has 2 aliphatic heterocycles. The van der Waals surface area contributed by atoms with Crippen LogP contribution in [0.4, 0.5) is 0 Å². The molecule has 0 aromatic heterocycles. The third-order valence-corrected chi connectivity index (χ3v) is 4.43. The molecule has 0 aromatic rings. The smallest absolute Gasteiger partial charge is 0.0770 e. The highest BCUT2D eigenvalue weighted by molar-refractivity contribution is 4.95. The van der Waals surface area contributed by atoms with Crippen molar-refractivity contribution in [1.29, 1.82) is 0 Å². The predicted octanol–water partition coefficient (Wildman–Crippen LogP) is 3.07. The Morgan fingerprint density at radius 3 is 2.65 bits per heavy atom. The summed E-state index contributed by atoms with van der Waals surface area (Å²) >= 11 is 0. The molecule has 4 atom stereocenters. The zero-order valence-corrected chi connectivity index (χ0v) is 11.9. The maximum absolute atomic E-state index is 6.15. The molecule has 2 saturated heterocycles. The van der Waals surface area contributed by atoms with Gasteiger partial charge in [-0.3, -0.25) is 0 Å². The number of nitrogens with one attached hydrogen (secondary N) is 1. The Labute approximate surface area is 107 Å². The summed E-state index contributed by atoms with van der Waals surface area (Å²) in [6, 6.07) is 0.581. The second kappa shape index (κ2) is 5.71. The molecule has 2 fully saturated rings. The van der Waals surface area contributed by atoms with Crippen LogP contribution in [-0.2, 0) is 4.74 Å². The van der Waals surface area contributed by atoms with Crippen LogP contribution in [0.2, 0.25) is 0 Å². The first-order valence-electron chi connectivity index (χ1n) is 7.43. The maximum atomic E-state index is 6.15. The fraction of sp³-hybridized carbons (Fsp3) is 1.00. The van der Waals surface area contributed by atoms with Crippen LogP contribution in [0, 0.1) is 23.7 Å². The minimum Gasteiger partial charge on any atom is -0.376 e. The average Bonchev–Trinajstić information content (AvgIpc) is 2.51. The van der Waals surface area contributed by atoms with Gasteiger partial charge < -0.3 is 10.1 Å². The lowest BCUT2D eigenvalue weighted by Gasteiger charge is -2.25. The van der Waals surface area contributed by atoms with Gasteiger partial charge in [0.25, 0.3) is 0 Å². The summed E-state index contributed by atoms with van der Waals surface area (Å²) in [6.07, 6.45) is 4.50. The number of ether oxygens (including phenoxy) is 1. The molecule has 0 aromatic carbocycles. The fourth-order valence-electron chi connectivity index (χ4n) is 3.68. The quantitative estimate of drug-likeness (QED) is 0.817. The molecular weight excluding hydrogens is 210 g/mol. The molecule has 2 heterocycles. The van der Waals surface area contributed by atoms with Crippen molar-refractivity contribution in [3.63, 3.8) is 0 Å². The Bertz CT molecular complexity index is 239. The van der Waals surface area contributed by atoms with Gasteiger partial charge in [0.2, 0.25) is 0 Å². The molecule has 0 radical (unpaired) electrons. The minimum atomic E-state index is 0.479. The highest BCUT2D eigenvalue weighted by Crippen LogP contribution is 2.34. The van der Waals surface area contributed by atoms with Crippen molar-refractivity contribution in [2.24, 2.45) is 23.7 Å². The molecule has 0 spiro atoms. The molecule has 0 bridgehead atoms. The molecule has 0 aliphatic carbocycles. The number of hydrogen-bond acceptors (Lipinski definition) is 2. The van der Waals surface area contributed by atoms with E-state index in [-0.39, 0.29) is 0 Å². The van der Waals surface area contributed by atoms with E-state index in [0.717, 1.165) is 24.4 Å². The van der Waals surface area contributed by atoms with Crippen molar-refractivity contribution in [1.82, 2.24) is 5.32 Å². The Morgan fingerprint density at radius 2 is 2.00 bits per heavy atom. The Balaban J connectivity index is 1.95. The number of hydrogen-bond donors (Lipinski definition) is 1. The van der Waals surface area contributed by atoms with Crippen LogP contribution >= 0.6 is 0 Å². The van der Waals surface area contributed by atoms with Gasteiger partial charge in [0, 0.05) is 19.2 Å². The highest BCUT2D eigenvalue weighted by Gasteiger charge is 2.40. The van der Waals surface area contributed by atoms with E-state index in [4.69, 9.17) is 4.74 Å². The number of rotatable bonds is 3. The first-order chi connectivity index (χ1) is 8.08. The predicted molar refractivity (Wildman–Crippen MR) is 72.0 cm³/mol. The zero-order chi connectivity index (χ0) is 12.4. The van der Waals surface area contributed by atoms with Crippen LogP contribution < -0.4 is 5.32 Å². The van der Waals surface area contributed by atoms with Gasteiger partial charge in [-0.25, -0.2) is 0 Å². The summed E-state index contributed by atoms with van der Waals surface area (Å²) in [5.74, 6) is 3.16. The van der Waals surface area contributed by atoms with E-state index >= 15 is 0 Å². The van der Waals surface area contributed by atoms with Gasteiger partial charge in [0.15, 0.2) is 0 Å². The Hall–Kier alpha value is -0.0800. The molecule has 17 heavy (non-hydrogen) atoms. The lowest BCUT2D eigenvalue weighted by Crippen LogP contribution is -2.37. The lowest BCUT2D eigenvalue weighted by atomic mass is 9.84. The standard InChI is InChI=1S/C15H29NO/c1-10(2)7-12-5-6-17-15-13(8-12)9-16-14(15)11(3)4/h10-16H,5-9H2,1-4H3/t12?,13-,14?,15?/m0/s1. The Morgan fingerprint density at radius 1 is 1.24 bits per heavy atom. The second-order valence-corrected chi connectivity index (χ2v) is 6.79. The summed E-state index contributed by atoms with van der Waals surface area (Å²) in [7, 11) is 0. The molecule has 3 unspecified atom stereocenters. The van der Waals surface area contributed by atoms with Crippen molar-refractivity contribution in [3.8, 4) is 0 Å². The van der Waals surface area contributed by atoms with E-state index in [9.17, 15) is 0 Å². The Kier molecular flexibility index (Phi) is 4.48. The van der Waals surface area contributed by atoms with Crippen molar-refractivity contribution >= 4 is 0 Å². The third kappa shape index (κ3) is 3.23. The normalized spacial score (nSPS) is 38.5. The van der Waals surface area contributed by atoms with Crippen LogP contribution in [0.25, 0.3) is 0 Å². The van der Waals surface area contributed by atoms with Crippen LogP contribution in [0.5, 0.6) is 0 Å². The van der Waals surface area contributed by atoms with Gasteiger partial charge >= 0.3 is 0 Å². The summed E-state index contributed by atoms with van der Waals surface area (Å²) in [6.45, 7) is 11.4. The number of fused-ring (bicyclic) bond motifs is 1. The van der Waals surface area contributed by atoms with Crippen molar-refractivity contribution in [2.45, 2.75) is 59.1 Å². The summed E-state index contributed by atoms with van der Waals surface area (Å²) < 4.78 is 6.15. The maximum Gasteiger partial charge on any atom is 0.0770 e. The van der Waals surface area contributed by atoms with E-state index in [1.807, 2.05) is 0 Å². The average molecular weight is 239 g/mol. The van der Waals surface area contributed by atoms with Crippen LogP contribution in [0.15, 0.2) is 0 Å². The van der Waals surface area contributed by atoms with Gasteiger partial charge in [-0.2, -0.15) is 0 Å². The van der Waals surface area contributed by atoms with Gasteiger partial charge in [0.1, 0.15) is 0 Å². The molecule has 0 amide bonds. The fourth-order valence-corrected chi connectivity index (χ4v) is 3.68. The molecule has 2 aliphatic rings. The molecular formula is C15H29NO. The molecule has 2 heteroatoms. The van der Waals surface area contributed by atoms with E-state index in [1.54, 1.807) is 0 Å². The third-order valence-electron chi connectivity index (χ3n) is 4.43. The van der Waals surface area contributed by atoms with Crippen molar-refractivity contribution in [3.05, 3.63) is 0 Å². The van der Waals surface area contributed by atoms with E-state index < -0.39 is 0 Å². The van der Waals surface area contributed by atoms with E-state index in [1.165, 1.54) is 25.8 Å². The van der Waals surface area contributed by atoms with Crippen LogP contribution in [-0.4, -0.2) is 25.3 Å². The van der Waals surface area contributed by atoms with Crippen LogP contribution in [0.1, 0.15) is 47.0 Å². The highest BCUT2D eigenvalue weighted by atomic mass is 16.5. The molecule has 1 N–H and O–H groups in total. The summed E-state index contributed by atoms with van der Waals surface area (Å²) in [4.78, 5) is 0. The van der Waals surface area contributed by atoms with Crippen molar-refractivity contribution in [2.75, 3.05) is 13.2 Å². The molecule has 2 nitrogen and oxygen atoms in total. The van der Waals surface area contributed by atoms with Gasteiger partial charge in [0.05, 0.1) is 6.10 Å². The molecule has 2 rings (SSSR count). The second-order valence-electron chi connectivity index (χ2n) is 6.79. The van der Waals surface area contributed by atoms with E-state index in [0.29, 0.717) is 18.1 Å². The van der Waals surface area contributed by atoms with Gasteiger partial charge in [-0.05, 0) is 42.9 Å². The first-order valence-corrected chi connectivity index (χ1v) is 7.43. The van der Waals surface area contributed by atoms with Gasteiger partial charge in [-0.15, -0.1) is 0 Å². The van der Waals surface area contributed by atoms with E-state index in [2.05, 4.69) is 33.0 Å². The van der Waals surface area contributed by atoms with Gasteiger partial charge in [-0.1, -0.05) is 27.7 Å². The lowest BCUT2D eigenvalue weighted by molar-refractivity contribution is 0.0200. The summed E-state index contributed by atoms with van der Waals surface area (Å²) in [5.41, 5.74) is 0. The zero-order valence-electron chi connectivity index (χ0n) is 11.9. The molecule has 0 saturated carbocycles. The first kappa shape index (κ1) is 13.4.